The lowest BCUT2D eigenvalue weighted by molar-refractivity contribution is -0.158. The number of carbonyl (C=O) groups is 3. The molecule has 0 saturated heterocycles. The first-order valence-electron chi connectivity index (χ1n) is 12.0. The van der Waals surface area contributed by atoms with Crippen molar-refractivity contribution in [3.63, 3.8) is 0 Å². The molecule has 0 fully saturated rings. The van der Waals surface area contributed by atoms with E-state index in [0.717, 1.165) is 12.8 Å². The summed E-state index contributed by atoms with van der Waals surface area (Å²) in [5.41, 5.74) is -0.0887. The maximum Gasteiger partial charge on any atom is 0.309 e. The number of ketones is 1. The molecule has 0 aliphatic heterocycles. The van der Waals surface area contributed by atoms with Gasteiger partial charge in [-0.25, -0.2) is 4.98 Å². The SMILES string of the molecule is CCC(CC)[C@@H](Oc1ccccc1Cl)[C@H](C)OC(=O)[C@H](C)CC(=O)c1nccc(OC)c1OC(C)=O. The van der Waals surface area contributed by atoms with E-state index in [1.165, 1.54) is 26.3 Å². The summed E-state index contributed by atoms with van der Waals surface area (Å²) in [6.07, 6.45) is 1.80. The molecule has 0 N–H and O–H groups in total. The number of rotatable bonds is 13. The monoisotopic (exact) mass is 519 g/mol. The van der Waals surface area contributed by atoms with Crippen molar-refractivity contribution < 1.29 is 33.3 Å². The highest BCUT2D eigenvalue weighted by Gasteiger charge is 2.32. The largest absolute Gasteiger partial charge is 0.493 e. The minimum absolute atomic E-state index is 0.0756. The molecule has 0 aliphatic rings. The zero-order valence-corrected chi connectivity index (χ0v) is 22.3. The molecular weight excluding hydrogens is 486 g/mol. The van der Waals surface area contributed by atoms with Gasteiger partial charge >= 0.3 is 11.9 Å². The fourth-order valence-corrected chi connectivity index (χ4v) is 4.05. The highest BCUT2D eigenvalue weighted by Crippen LogP contribution is 2.32. The zero-order valence-electron chi connectivity index (χ0n) is 21.6. The number of carbonyl (C=O) groups excluding carboxylic acids is 3. The molecule has 1 heterocycles. The van der Waals surface area contributed by atoms with Crippen LogP contribution in [0.1, 0.15) is 64.4 Å². The van der Waals surface area contributed by atoms with Gasteiger partial charge < -0.3 is 18.9 Å². The molecule has 2 rings (SSSR count). The number of esters is 2. The summed E-state index contributed by atoms with van der Waals surface area (Å²) in [7, 11) is 1.39. The topological polar surface area (TPSA) is 101 Å². The molecule has 8 nitrogen and oxygen atoms in total. The van der Waals surface area contributed by atoms with Crippen LogP contribution in [0.5, 0.6) is 17.2 Å². The van der Waals surface area contributed by atoms with Gasteiger partial charge in [0.1, 0.15) is 18.0 Å². The summed E-state index contributed by atoms with van der Waals surface area (Å²) in [4.78, 5) is 41.5. The van der Waals surface area contributed by atoms with Crippen molar-refractivity contribution in [3.8, 4) is 17.2 Å². The lowest BCUT2D eigenvalue weighted by Gasteiger charge is -2.31. The van der Waals surface area contributed by atoms with E-state index in [0.29, 0.717) is 10.8 Å². The second kappa shape index (κ2) is 13.8. The predicted molar refractivity (Wildman–Crippen MR) is 136 cm³/mol. The first-order chi connectivity index (χ1) is 17.1. The maximum absolute atomic E-state index is 13.0. The first-order valence-corrected chi connectivity index (χ1v) is 12.4. The Morgan fingerprint density at radius 3 is 2.28 bits per heavy atom. The second-order valence-electron chi connectivity index (χ2n) is 8.54. The van der Waals surface area contributed by atoms with Gasteiger partial charge in [0.15, 0.2) is 17.2 Å². The summed E-state index contributed by atoms with van der Waals surface area (Å²) in [5.74, 6) is -1.68. The van der Waals surface area contributed by atoms with Crippen LogP contribution in [0.3, 0.4) is 0 Å². The maximum atomic E-state index is 13.0. The van der Waals surface area contributed by atoms with Gasteiger partial charge in [0, 0.05) is 25.6 Å². The third-order valence-corrected chi connectivity index (χ3v) is 6.18. The minimum atomic E-state index is -0.777. The van der Waals surface area contributed by atoms with E-state index in [4.69, 9.17) is 30.5 Å². The van der Waals surface area contributed by atoms with Crippen molar-refractivity contribution in [1.29, 1.82) is 0 Å². The van der Waals surface area contributed by atoms with E-state index in [1.54, 1.807) is 26.0 Å². The summed E-state index contributed by atoms with van der Waals surface area (Å²) >= 11 is 6.29. The van der Waals surface area contributed by atoms with Crippen molar-refractivity contribution in [1.82, 2.24) is 4.98 Å². The Balaban J connectivity index is 2.15. The fraction of sp³-hybridized carbons (Fsp3) is 0.481. The Labute approximate surface area is 217 Å². The Hall–Kier alpha value is -3.13. The predicted octanol–water partition coefficient (Wildman–Crippen LogP) is 5.69. The molecule has 0 bridgehead atoms. The average molecular weight is 520 g/mol. The Bertz CT molecular complexity index is 1050. The number of hydrogen-bond acceptors (Lipinski definition) is 8. The lowest BCUT2D eigenvalue weighted by Crippen LogP contribution is -2.40. The molecule has 0 spiro atoms. The number of halogens is 1. The fourth-order valence-electron chi connectivity index (χ4n) is 3.87. The first kappa shape index (κ1) is 29.1. The van der Waals surface area contributed by atoms with E-state index in [-0.39, 0.29) is 29.5 Å². The molecule has 0 amide bonds. The Morgan fingerprint density at radius 1 is 1.03 bits per heavy atom. The van der Waals surface area contributed by atoms with Gasteiger partial charge in [0.2, 0.25) is 5.75 Å². The van der Waals surface area contributed by atoms with E-state index < -0.39 is 35.8 Å². The number of aromatic nitrogens is 1. The number of pyridine rings is 1. The van der Waals surface area contributed by atoms with Crippen LogP contribution in [0.15, 0.2) is 36.5 Å². The average Bonchev–Trinajstić information content (AvgIpc) is 2.84. The van der Waals surface area contributed by atoms with Crippen LogP contribution in [0, 0.1) is 11.8 Å². The molecule has 0 unspecified atom stereocenters. The molecule has 0 saturated carbocycles. The van der Waals surface area contributed by atoms with Crippen LogP contribution in [-0.4, -0.2) is 42.0 Å². The summed E-state index contributed by atoms with van der Waals surface area (Å²) in [5, 5.41) is 0.473. The molecule has 3 atom stereocenters. The second-order valence-corrected chi connectivity index (χ2v) is 8.95. The van der Waals surface area contributed by atoms with Crippen molar-refractivity contribution >= 4 is 29.3 Å². The molecule has 36 heavy (non-hydrogen) atoms. The van der Waals surface area contributed by atoms with Crippen molar-refractivity contribution in [2.45, 2.75) is 66.1 Å². The van der Waals surface area contributed by atoms with Gasteiger partial charge in [0.25, 0.3) is 0 Å². The molecule has 0 radical (unpaired) electrons. The highest BCUT2D eigenvalue weighted by molar-refractivity contribution is 6.32. The van der Waals surface area contributed by atoms with Crippen LogP contribution < -0.4 is 14.2 Å². The van der Waals surface area contributed by atoms with E-state index in [1.807, 2.05) is 12.1 Å². The normalized spacial score (nSPS) is 13.4. The van der Waals surface area contributed by atoms with Crippen molar-refractivity contribution in [2.24, 2.45) is 11.8 Å². The van der Waals surface area contributed by atoms with Crippen LogP contribution in [0.25, 0.3) is 0 Å². The zero-order chi connectivity index (χ0) is 26.8. The van der Waals surface area contributed by atoms with Crippen molar-refractivity contribution in [2.75, 3.05) is 7.11 Å². The highest BCUT2D eigenvalue weighted by atomic mass is 35.5. The van der Waals surface area contributed by atoms with Crippen molar-refractivity contribution in [3.05, 3.63) is 47.2 Å². The molecule has 1 aromatic carbocycles. The number of hydrogen-bond donors (Lipinski definition) is 0. The van der Waals surface area contributed by atoms with E-state index >= 15 is 0 Å². The summed E-state index contributed by atoms with van der Waals surface area (Å²) in [6, 6.07) is 8.63. The van der Waals surface area contributed by atoms with Crippen LogP contribution >= 0.6 is 11.6 Å². The molecular formula is C27H34ClNO7. The molecule has 1 aromatic heterocycles. The third kappa shape index (κ3) is 7.68. The van der Waals surface area contributed by atoms with Gasteiger partial charge in [-0.05, 0) is 37.8 Å². The standard InChI is InChI=1S/C27H34ClNO7/c1-7-19(8-2)25(36-22-12-10-9-11-20(22)28)17(4)34-27(32)16(3)15-21(31)24-26(35-18(5)30)23(33-6)13-14-29-24/h9-14,16-17,19,25H,7-8,15H2,1-6H3/t16-,17+,25+/m1/s1. The number of nitrogens with zero attached hydrogens (tertiary/aromatic N) is 1. The van der Waals surface area contributed by atoms with Crippen LogP contribution in [0.2, 0.25) is 5.02 Å². The Kier molecular flexibility index (Phi) is 11.2. The van der Waals surface area contributed by atoms with Gasteiger partial charge in [-0.3, -0.25) is 14.4 Å². The Morgan fingerprint density at radius 2 is 1.69 bits per heavy atom. The molecule has 9 heteroatoms. The quantitative estimate of drug-likeness (QED) is 0.245. The lowest BCUT2D eigenvalue weighted by atomic mass is 9.92. The smallest absolute Gasteiger partial charge is 0.309 e. The van der Waals surface area contributed by atoms with Crippen LogP contribution in [-0.2, 0) is 14.3 Å². The number of benzene rings is 1. The van der Waals surface area contributed by atoms with E-state index in [9.17, 15) is 14.4 Å². The van der Waals surface area contributed by atoms with Gasteiger partial charge in [0.05, 0.1) is 18.1 Å². The molecule has 0 aliphatic carbocycles. The number of para-hydroxylation sites is 1. The minimum Gasteiger partial charge on any atom is -0.493 e. The number of Topliss-reactive ketones (excluding diaryl/α,β-unsaturated/α-hetero) is 1. The third-order valence-electron chi connectivity index (χ3n) is 5.87. The van der Waals surface area contributed by atoms with E-state index in [2.05, 4.69) is 18.8 Å². The van der Waals surface area contributed by atoms with Crippen LogP contribution in [0.4, 0.5) is 0 Å². The summed E-state index contributed by atoms with van der Waals surface area (Å²) in [6.45, 7) is 8.68. The number of methoxy groups -OCH3 is 1. The van der Waals surface area contributed by atoms with Gasteiger partial charge in [-0.2, -0.15) is 0 Å². The molecule has 2 aromatic rings. The van der Waals surface area contributed by atoms with Gasteiger partial charge in [-0.15, -0.1) is 0 Å². The van der Waals surface area contributed by atoms with Gasteiger partial charge in [-0.1, -0.05) is 44.5 Å². The number of ether oxygens (including phenoxy) is 4. The molecule has 196 valence electrons. The summed E-state index contributed by atoms with van der Waals surface area (Å²) < 4.78 is 22.3.